The molecule has 2 N–H and O–H groups in total. The van der Waals surface area contributed by atoms with Gasteiger partial charge in [-0.25, -0.2) is 0 Å². The summed E-state index contributed by atoms with van der Waals surface area (Å²) < 4.78 is 5.26. The number of hydrogen-bond acceptors (Lipinski definition) is 4. The number of aliphatic hydroxyl groups is 1. The first-order chi connectivity index (χ1) is 8.76. The lowest BCUT2D eigenvalue weighted by Gasteiger charge is -2.38. The van der Waals surface area contributed by atoms with E-state index in [1.807, 2.05) is 44.2 Å². The Labute approximate surface area is 115 Å². The first-order valence-corrected chi connectivity index (χ1v) is 6.32. The maximum atomic E-state index is 10.1. The van der Waals surface area contributed by atoms with Crippen molar-refractivity contribution in [1.82, 2.24) is 5.32 Å². The Morgan fingerprint density at radius 3 is 2.58 bits per heavy atom. The van der Waals surface area contributed by atoms with Crippen LogP contribution < -0.4 is 10.1 Å². The van der Waals surface area contributed by atoms with E-state index in [2.05, 4.69) is 5.32 Å². The van der Waals surface area contributed by atoms with Crippen LogP contribution in [0.3, 0.4) is 0 Å². The maximum Gasteiger partial charge on any atom is 0.174 e. The third kappa shape index (κ3) is 4.55. The number of nitrogens with one attached hydrogen (secondary N) is 1. The van der Waals surface area contributed by atoms with Crippen LogP contribution in [0.4, 0.5) is 0 Å². The molecule has 104 valence electrons. The summed E-state index contributed by atoms with van der Waals surface area (Å²) in [5, 5.41) is 21.9. The molecular weight excluding hydrogens is 240 g/mol. The van der Waals surface area contributed by atoms with Gasteiger partial charge in [0.25, 0.3) is 0 Å². The van der Waals surface area contributed by atoms with E-state index in [0.717, 1.165) is 5.56 Å². The highest BCUT2D eigenvalue weighted by Crippen LogP contribution is 2.21. The van der Waals surface area contributed by atoms with Crippen LogP contribution in [-0.4, -0.2) is 22.9 Å². The summed E-state index contributed by atoms with van der Waals surface area (Å²) in [5.74, 6) is 0.682. The smallest absolute Gasteiger partial charge is 0.174 e. The maximum absolute atomic E-state index is 10.1. The molecule has 1 aromatic carbocycles. The van der Waals surface area contributed by atoms with Crippen molar-refractivity contribution in [3.05, 3.63) is 29.8 Å². The fraction of sp³-hybridized carbons (Fsp3) is 0.533. The van der Waals surface area contributed by atoms with E-state index >= 15 is 0 Å². The van der Waals surface area contributed by atoms with E-state index in [0.29, 0.717) is 12.3 Å². The van der Waals surface area contributed by atoms with Gasteiger partial charge in [0.2, 0.25) is 0 Å². The Morgan fingerprint density at radius 1 is 1.32 bits per heavy atom. The van der Waals surface area contributed by atoms with Gasteiger partial charge in [-0.15, -0.1) is 0 Å². The van der Waals surface area contributed by atoms with Crippen molar-refractivity contribution < 1.29 is 9.84 Å². The second-order valence-electron chi connectivity index (χ2n) is 5.63. The predicted octanol–water partition coefficient (Wildman–Crippen LogP) is 2.23. The first-order valence-electron chi connectivity index (χ1n) is 6.32. The van der Waals surface area contributed by atoms with Crippen LogP contribution in [0.2, 0.25) is 0 Å². The Morgan fingerprint density at radius 2 is 2.00 bits per heavy atom. The van der Waals surface area contributed by atoms with Crippen molar-refractivity contribution in [2.24, 2.45) is 0 Å². The fourth-order valence-electron chi connectivity index (χ4n) is 1.40. The molecule has 0 aliphatic rings. The van der Waals surface area contributed by atoms with E-state index in [1.54, 1.807) is 13.8 Å². The van der Waals surface area contributed by atoms with Crippen molar-refractivity contribution in [2.45, 2.75) is 45.4 Å². The summed E-state index contributed by atoms with van der Waals surface area (Å²) in [6.45, 7) is 8.16. The molecule has 1 rings (SSSR count). The van der Waals surface area contributed by atoms with Crippen LogP contribution in [0.15, 0.2) is 24.3 Å². The van der Waals surface area contributed by atoms with Gasteiger partial charge in [-0.2, -0.15) is 5.26 Å². The van der Waals surface area contributed by atoms with Crippen LogP contribution in [-0.2, 0) is 6.54 Å². The fourth-order valence-corrected chi connectivity index (χ4v) is 1.40. The molecule has 0 spiro atoms. The van der Waals surface area contributed by atoms with Gasteiger partial charge >= 0.3 is 0 Å². The largest absolute Gasteiger partial charge is 0.479 e. The molecule has 0 aliphatic carbocycles. The summed E-state index contributed by atoms with van der Waals surface area (Å²) in [6, 6.07) is 9.52. The molecule has 0 atom stereocenters. The van der Waals surface area contributed by atoms with Crippen LogP contribution in [0.5, 0.6) is 5.75 Å². The van der Waals surface area contributed by atoms with Gasteiger partial charge in [0.15, 0.2) is 6.61 Å². The third-order valence-corrected chi connectivity index (χ3v) is 3.47. The topological polar surface area (TPSA) is 65.3 Å². The molecule has 0 fully saturated rings. The molecule has 0 bridgehead atoms. The highest BCUT2D eigenvalue weighted by Gasteiger charge is 2.34. The van der Waals surface area contributed by atoms with E-state index in [9.17, 15) is 5.11 Å². The molecule has 0 saturated heterocycles. The summed E-state index contributed by atoms with van der Waals surface area (Å²) in [7, 11) is 0. The molecule has 0 aromatic heterocycles. The van der Waals surface area contributed by atoms with Gasteiger partial charge in [0.1, 0.15) is 11.8 Å². The van der Waals surface area contributed by atoms with Gasteiger partial charge in [-0.3, -0.25) is 0 Å². The minimum Gasteiger partial charge on any atom is -0.479 e. The van der Waals surface area contributed by atoms with Crippen LogP contribution >= 0.6 is 0 Å². The van der Waals surface area contributed by atoms with Gasteiger partial charge < -0.3 is 15.2 Å². The summed E-state index contributed by atoms with van der Waals surface area (Å²) >= 11 is 0. The van der Waals surface area contributed by atoms with Crippen molar-refractivity contribution in [3.63, 3.8) is 0 Å². The molecule has 0 radical (unpaired) electrons. The highest BCUT2D eigenvalue weighted by molar-refractivity contribution is 5.28. The van der Waals surface area contributed by atoms with Gasteiger partial charge in [0.05, 0.1) is 5.60 Å². The minimum absolute atomic E-state index is 0.0477. The van der Waals surface area contributed by atoms with E-state index < -0.39 is 11.1 Å². The second kappa shape index (κ2) is 6.05. The molecule has 4 heteroatoms. The quantitative estimate of drug-likeness (QED) is 0.825. The summed E-state index contributed by atoms with van der Waals surface area (Å²) in [5.41, 5.74) is -0.175. The van der Waals surface area contributed by atoms with Gasteiger partial charge in [-0.05, 0) is 45.4 Å². The van der Waals surface area contributed by atoms with Crippen molar-refractivity contribution >= 4 is 0 Å². The molecular formula is C15H22N2O2. The van der Waals surface area contributed by atoms with E-state index in [4.69, 9.17) is 10.00 Å². The zero-order valence-electron chi connectivity index (χ0n) is 12.0. The van der Waals surface area contributed by atoms with E-state index in [1.165, 1.54) is 0 Å². The Bertz CT molecular complexity index is 456. The SMILES string of the molecule is CC(C)(O)C(C)(C)NCc1cccc(OCC#N)c1. The molecule has 0 heterocycles. The first kappa shape index (κ1) is 15.5. The summed E-state index contributed by atoms with van der Waals surface area (Å²) in [4.78, 5) is 0. The van der Waals surface area contributed by atoms with Crippen molar-refractivity contribution in [3.8, 4) is 11.8 Å². The average Bonchev–Trinajstić information content (AvgIpc) is 2.33. The zero-order valence-corrected chi connectivity index (χ0v) is 12.0. The molecule has 19 heavy (non-hydrogen) atoms. The number of nitriles is 1. The van der Waals surface area contributed by atoms with Crippen LogP contribution in [0.25, 0.3) is 0 Å². The number of nitrogens with zero attached hydrogens (tertiary/aromatic N) is 1. The Hall–Kier alpha value is -1.57. The number of hydrogen-bond donors (Lipinski definition) is 2. The number of benzene rings is 1. The molecule has 0 amide bonds. The van der Waals surface area contributed by atoms with E-state index in [-0.39, 0.29) is 6.61 Å². The standard InChI is InChI=1S/C15H22N2O2/c1-14(2,15(3,4)18)17-11-12-6-5-7-13(10-12)19-9-8-16/h5-7,10,17-18H,9,11H2,1-4H3. The van der Waals surface area contributed by atoms with Gasteiger partial charge in [-0.1, -0.05) is 12.1 Å². The lowest BCUT2D eigenvalue weighted by atomic mass is 9.86. The lowest BCUT2D eigenvalue weighted by Crippen LogP contribution is -2.55. The third-order valence-electron chi connectivity index (χ3n) is 3.47. The van der Waals surface area contributed by atoms with Crippen molar-refractivity contribution in [1.29, 1.82) is 5.26 Å². The average molecular weight is 262 g/mol. The summed E-state index contributed by atoms with van der Waals surface area (Å²) in [6.07, 6.45) is 0. The highest BCUT2D eigenvalue weighted by atomic mass is 16.5. The molecule has 0 saturated carbocycles. The van der Waals surface area contributed by atoms with Gasteiger partial charge in [0, 0.05) is 12.1 Å². The minimum atomic E-state index is -0.818. The van der Waals surface area contributed by atoms with Crippen LogP contribution in [0, 0.1) is 11.3 Å². The molecule has 0 aliphatic heterocycles. The molecule has 1 aromatic rings. The monoisotopic (exact) mass is 262 g/mol. The predicted molar refractivity (Wildman–Crippen MR) is 74.8 cm³/mol. The Balaban J connectivity index is 2.66. The number of rotatable bonds is 6. The van der Waals surface area contributed by atoms with Crippen molar-refractivity contribution in [2.75, 3.05) is 6.61 Å². The molecule has 4 nitrogen and oxygen atoms in total. The van der Waals surface area contributed by atoms with Crippen LogP contribution in [0.1, 0.15) is 33.3 Å². The Kier molecular flexibility index (Phi) is 4.93. The number of ether oxygens (including phenoxy) is 1. The zero-order chi connectivity index (χ0) is 14.5. The lowest BCUT2D eigenvalue weighted by molar-refractivity contribution is -0.00532. The second-order valence-corrected chi connectivity index (χ2v) is 5.63. The molecule has 0 unspecified atom stereocenters. The normalized spacial score (nSPS) is 12.0.